The van der Waals surface area contributed by atoms with Gasteiger partial charge in [0.1, 0.15) is 0 Å². The minimum absolute atomic E-state index is 0.0162. The molecule has 1 heterocycles. The molecular weight excluding hydrogens is 150 g/mol. The molecule has 0 radical (unpaired) electrons. The van der Waals surface area contributed by atoms with Crippen LogP contribution in [0, 0.1) is 0 Å². The maximum atomic E-state index is 10.2. The number of rotatable bonds is 2. The maximum Gasteiger partial charge on any atom is 0.305 e. The number of carboxylic acids is 1. The van der Waals surface area contributed by atoms with Gasteiger partial charge in [-0.1, -0.05) is 0 Å². The summed E-state index contributed by atoms with van der Waals surface area (Å²) in [5, 5.41) is 9.39. The van der Waals surface area contributed by atoms with Crippen LogP contribution in [0.3, 0.4) is 0 Å². The molecule has 1 N–H and O–H groups in total. The molecule has 1 aliphatic heterocycles. The van der Waals surface area contributed by atoms with Gasteiger partial charge >= 0.3 is 5.97 Å². The third kappa shape index (κ3) is 2.02. The third-order valence-corrected chi connectivity index (χ3v) is 2.33. The molecule has 10 heavy (non-hydrogen) atoms. The molecule has 0 aromatic carbocycles. The Hall–Kier alpha value is -0.510. The van der Waals surface area contributed by atoms with Gasteiger partial charge in [-0.3, -0.25) is 9.79 Å². The Bertz CT molecular complexity index is 179. The highest BCUT2D eigenvalue weighted by atomic mass is 32.2. The largest absolute Gasteiger partial charge is 0.481 e. The molecule has 56 valence electrons. The normalized spacial score (nSPS) is 24.5. The van der Waals surface area contributed by atoms with Crippen molar-refractivity contribution in [1.29, 1.82) is 0 Å². The van der Waals surface area contributed by atoms with Crippen LogP contribution in [0.25, 0.3) is 0 Å². The summed E-state index contributed by atoms with van der Waals surface area (Å²) < 4.78 is 0. The number of hydrogen-bond acceptors (Lipinski definition) is 3. The van der Waals surface area contributed by atoms with E-state index in [4.69, 9.17) is 5.11 Å². The van der Waals surface area contributed by atoms with E-state index in [0.717, 1.165) is 10.8 Å². The van der Waals surface area contributed by atoms with Crippen molar-refractivity contribution in [1.82, 2.24) is 0 Å². The quantitative estimate of drug-likeness (QED) is 0.653. The van der Waals surface area contributed by atoms with Crippen molar-refractivity contribution in [3.63, 3.8) is 0 Å². The third-order valence-electron chi connectivity index (χ3n) is 1.26. The first kappa shape index (κ1) is 7.60. The number of aliphatic imine (C=N–C) groups is 1. The van der Waals surface area contributed by atoms with Crippen LogP contribution in [-0.2, 0) is 4.79 Å². The summed E-state index contributed by atoms with van der Waals surface area (Å²) in [6.45, 7) is 1.91. The lowest BCUT2D eigenvalue weighted by Gasteiger charge is -1.98. The average Bonchev–Trinajstić information content (AvgIpc) is 2.13. The summed E-state index contributed by atoms with van der Waals surface area (Å²) in [6.07, 6.45) is 0.171. The maximum absolute atomic E-state index is 10.2. The fraction of sp³-hybridized carbons (Fsp3) is 0.667. The lowest BCUT2D eigenvalue weighted by atomic mass is 10.2. The van der Waals surface area contributed by atoms with E-state index in [0.29, 0.717) is 0 Å². The van der Waals surface area contributed by atoms with E-state index in [9.17, 15) is 4.79 Å². The van der Waals surface area contributed by atoms with Crippen molar-refractivity contribution in [3.8, 4) is 0 Å². The van der Waals surface area contributed by atoms with Gasteiger partial charge in [0.2, 0.25) is 0 Å². The summed E-state index contributed by atoms with van der Waals surface area (Å²) in [7, 11) is 0. The Morgan fingerprint density at radius 1 is 2.00 bits per heavy atom. The molecule has 1 atom stereocenters. The molecular formula is C6H9NO2S. The van der Waals surface area contributed by atoms with Crippen molar-refractivity contribution < 1.29 is 9.90 Å². The van der Waals surface area contributed by atoms with Gasteiger partial charge < -0.3 is 5.11 Å². The van der Waals surface area contributed by atoms with Gasteiger partial charge in [-0.05, 0) is 6.92 Å². The lowest BCUT2D eigenvalue weighted by molar-refractivity contribution is -0.137. The van der Waals surface area contributed by atoms with Crippen LogP contribution in [0.2, 0.25) is 0 Å². The molecule has 0 aromatic heterocycles. The molecule has 1 unspecified atom stereocenters. The second kappa shape index (κ2) is 3.05. The highest BCUT2D eigenvalue weighted by Gasteiger charge is 2.17. The molecule has 0 aromatic rings. The molecule has 1 aliphatic rings. The molecule has 0 bridgehead atoms. The molecule has 1 rings (SSSR count). The molecule has 3 nitrogen and oxygen atoms in total. The monoisotopic (exact) mass is 159 g/mol. The zero-order chi connectivity index (χ0) is 7.56. The summed E-state index contributed by atoms with van der Waals surface area (Å²) in [4.78, 5) is 14.3. The van der Waals surface area contributed by atoms with Crippen molar-refractivity contribution in [2.75, 3.05) is 5.75 Å². The van der Waals surface area contributed by atoms with Crippen LogP contribution >= 0.6 is 11.8 Å². The Morgan fingerprint density at radius 2 is 2.70 bits per heavy atom. The van der Waals surface area contributed by atoms with E-state index >= 15 is 0 Å². The van der Waals surface area contributed by atoms with Crippen molar-refractivity contribution in [3.05, 3.63) is 0 Å². The summed E-state index contributed by atoms with van der Waals surface area (Å²) >= 11 is 1.63. The number of nitrogens with zero attached hydrogens (tertiary/aromatic N) is 1. The summed E-state index contributed by atoms with van der Waals surface area (Å²) in [5.74, 6) is 0.0713. The predicted octanol–water partition coefficient (Wildman–Crippen LogP) is 0.995. The SMILES string of the molecule is CC1=NC(CC(=O)O)CS1. The molecule has 0 amide bonds. The zero-order valence-corrected chi connectivity index (χ0v) is 6.52. The first-order valence-corrected chi connectivity index (χ1v) is 4.06. The Morgan fingerprint density at radius 3 is 3.10 bits per heavy atom. The second-order valence-electron chi connectivity index (χ2n) is 2.21. The van der Waals surface area contributed by atoms with Gasteiger partial charge in [0.25, 0.3) is 0 Å². The zero-order valence-electron chi connectivity index (χ0n) is 5.70. The van der Waals surface area contributed by atoms with Crippen LogP contribution in [-0.4, -0.2) is 27.9 Å². The number of carboxylic acid groups (broad SMARTS) is 1. The summed E-state index contributed by atoms with van der Waals surface area (Å²) in [5.41, 5.74) is 0. The van der Waals surface area contributed by atoms with Crippen LogP contribution in [0.5, 0.6) is 0 Å². The van der Waals surface area contributed by atoms with E-state index in [1.165, 1.54) is 0 Å². The highest BCUT2D eigenvalue weighted by Crippen LogP contribution is 2.19. The minimum atomic E-state index is -0.760. The van der Waals surface area contributed by atoms with Gasteiger partial charge in [0, 0.05) is 5.75 Å². The fourth-order valence-electron chi connectivity index (χ4n) is 0.855. The van der Waals surface area contributed by atoms with Gasteiger partial charge in [0.15, 0.2) is 0 Å². The number of hydrogen-bond donors (Lipinski definition) is 1. The molecule has 0 fully saturated rings. The van der Waals surface area contributed by atoms with Crippen molar-refractivity contribution in [2.24, 2.45) is 4.99 Å². The molecule has 0 aliphatic carbocycles. The van der Waals surface area contributed by atoms with Crippen LogP contribution < -0.4 is 0 Å². The second-order valence-corrected chi connectivity index (χ2v) is 3.42. The lowest BCUT2D eigenvalue weighted by Crippen LogP contribution is -2.10. The number of thioether (sulfide) groups is 1. The minimum Gasteiger partial charge on any atom is -0.481 e. The average molecular weight is 159 g/mol. The Balaban J connectivity index is 2.38. The van der Waals surface area contributed by atoms with Crippen molar-refractivity contribution in [2.45, 2.75) is 19.4 Å². The van der Waals surface area contributed by atoms with Gasteiger partial charge in [-0.25, -0.2) is 0 Å². The van der Waals surface area contributed by atoms with Gasteiger partial charge in [-0.2, -0.15) is 0 Å². The van der Waals surface area contributed by atoms with Gasteiger partial charge in [0.05, 0.1) is 17.5 Å². The first-order valence-electron chi connectivity index (χ1n) is 3.07. The predicted molar refractivity (Wildman–Crippen MR) is 41.6 cm³/mol. The number of carbonyl (C=O) groups is 1. The molecule has 0 spiro atoms. The first-order chi connectivity index (χ1) is 4.68. The van der Waals surface area contributed by atoms with Crippen LogP contribution in [0.4, 0.5) is 0 Å². The van der Waals surface area contributed by atoms with E-state index in [1.807, 2.05) is 6.92 Å². The number of aliphatic carboxylic acids is 1. The van der Waals surface area contributed by atoms with E-state index in [-0.39, 0.29) is 12.5 Å². The topological polar surface area (TPSA) is 49.7 Å². The molecule has 0 saturated heterocycles. The Labute approximate surface area is 63.5 Å². The highest BCUT2D eigenvalue weighted by molar-refractivity contribution is 8.14. The fourth-order valence-corrected chi connectivity index (χ4v) is 1.70. The van der Waals surface area contributed by atoms with Crippen molar-refractivity contribution >= 4 is 22.8 Å². The molecule has 4 heteroatoms. The standard InChI is InChI=1S/C6H9NO2S/c1-4-7-5(3-10-4)2-6(8)9/h5H,2-3H2,1H3,(H,8,9). The Kier molecular flexibility index (Phi) is 2.32. The van der Waals surface area contributed by atoms with E-state index in [1.54, 1.807) is 11.8 Å². The van der Waals surface area contributed by atoms with Gasteiger partial charge in [-0.15, -0.1) is 11.8 Å². The van der Waals surface area contributed by atoms with E-state index < -0.39 is 5.97 Å². The van der Waals surface area contributed by atoms with Crippen LogP contribution in [0.1, 0.15) is 13.3 Å². The molecule has 0 saturated carbocycles. The van der Waals surface area contributed by atoms with E-state index in [2.05, 4.69) is 4.99 Å². The van der Waals surface area contributed by atoms with Crippen LogP contribution in [0.15, 0.2) is 4.99 Å². The summed E-state index contributed by atoms with van der Waals surface area (Å²) in [6, 6.07) is 0.0162. The smallest absolute Gasteiger partial charge is 0.305 e.